The van der Waals surface area contributed by atoms with Crippen LogP contribution in [0, 0.1) is 5.82 Å². The largest absolute Gasteiger partial charge is 0.326 e. The zero-order valence-electron chi connectivity index (χ0n) is 11.8. The van der Waals surface area contributed by atoms with Crippen molar-refractivity contribution in [2.45, 2.75) is 17.0 Å². The summed E-state index contributed by atoms with van der Waals surface area (Å²) >= 11 is 3.15. The molecule has 6 heteroatoms. The molecule has 0 aliphatic heterocycles. The van der Waals surface area contributed by atoms with E-state index in [9.17, 15) is 9.18 Å². The zero-order valence-corrected chi connectivity index (χ0v) is 13.4. The molecule has 1 aromatic heterocycles. The van der Waals surface area contributed by atoms with Crippen molar-refractivity contribution in [3.05, 3.63) is 53.8 Å². The maximum Gasteiger partial charge on any atom is 0.221 e. The van der Waals surface area contributed by atoms with Gasteiger partial charge < -0.3 is 5.32 Å². The van der Waals surface area contributed by atoms with Gasteiger partial charge in [0.25, 0.3) is 0 Å². The van der Waals surface area contributed by atoms with E-state index in [0.717, 1.165) is 25.8 Å². The molecular weight excluding hydrogens is 319 g/mol. The number of aromatic nitrogens is 1. The van der Waals surface area contributed by atoms with E-state index in [1.54, 1.807) is 29.2 Å². The van der Waals surface area contributed by atoms with E-state index >= 15 is 0 Å². The van der Waals surface area contributed by atoms with Gasteiger partial charge in [0.05, 0.1) is 10.2 Å². The first-order valence-corrected chi connectivity index (χ1v) is 8.46. The molecule has 1 amide bonds. The Kier molecular flexibility index (Phi) is 4.40. The Balaban J connectivity index is 1.75. The molecule has 1 N–H and O–H groups in total. The Bertz CT molecular complexity index is 832. The lowest BCUT2D eigenvalue weighted by Gasteiger charge is -1.99. The number of amides is 1. The van der Waals surface area contributed by atoms with Gasteiger partial charge in [-0.2, -0.15) is 0 Å². The second-order valence-electron chi connectivity index (χ2n) is 4.76. The van der Waals surface area contributed by atoms with Crippen LogP contribution in [-0.2, 0) is 10.5 Å². The highest BCUT2D eigenvalue weighted by Gasteiger charge is 2.07. The Morgan fingerprint density at radius 2 is 2.18 bits per heavy atom. The predicted octanol–water partition coefficient (Wildman–Crippen LogP) is 4.69. The summed E-state index contributed by atoms with van der Waals surface area (Å²) in [6, 6.07) is 12.2. The first-order valence-electron chi connectivity index (χ1n) is 6.65. The van der Waals surface area contributed by atoms with Crippen molar-refractivity contribution in [1.29, 1.82) is 0 Å². The van der Waals surface area contributed by atoms with Gasteiger partial charge in [-0.15, -0.1) is 11.3 Å². The smallest absolute Gasteiger partial charge is 0.221 e. The highest BCUT2D eigenvalue weighted by atomic mass is 32.2. The van der Waals surface area contributed by atoms with Crippen LogP contribution in [0.15, 0.2) is 46.8 Å². The molecule has 22 heavy (non-hydrogen) atoms. The summed E-state index contributed by atoms with van der Waals surface area (Å²) < 4.78 is 15.1. The van der Waals surface area contributed by atoms with Crippen molar-refractivity contribution in [2.24, 2.45) is 0 Å². The first-order chi connectivity index (χ1) is 10.6. The average molecular weight is 332 g/mol. The van der Waals surface area contributed by atoms with Gasteiger partial charge in [-0.05, 0) is 35.9 Å². The van der Waals surface area contributed by atoms with Gasteiger partial charge in [-0.3, -0.25) is 4.79 Å². The Hall–Kier alpha value is -1.92. The fraction of sp³-hybridized carbons (Fsp3) is 0.125. The maximum atomic E-state index is 13.2. The third-order valence-electron chi connectivity index (χ3n) is 2.94. The predicted molar refractivity (Wildman–Crippen MR) is 89.9 cm³/mol. The number of thiazole rings is 1. The number of rotatable bonds is 4. The number of anilines is 1. The van der Waals surface area contributed by atoms with Gasteiger partial charge in [0.1, 0.15) is 5.82 Å². The molecule has 0 saturated carbocycles. The number of hydrogen-bond acceptors (Lipinski definition) is 4. The molecule has 3 aromatic rings. The van der Waals surface area contributed by atoms with Gasteiger partial charge in [0.2, 0.25) is 5.91 Å². The number of carbonyl (C=O) groups excluding carboxylic acids is 1. The van der Waals surface area contributed by atoms with Crippen molar-refractivity contribution in [3.63, 3.8) is 0 Å². The van der Waals surface area contributed by atoms with Crippen LogP contribution in [0.4, 0.5) is 10.1 Å². The first kappa shape index (κ1) is 15.0. The Morgan fingerprint density at radius 3 is 2.95 bits per heavy atom. The molecule has 0 aliphatic carbocycles. The Labute approximate surface area is 135 Å². The van der Waals surface area contributed by atoms with Crippen molar-refractivity contribution in [2.75, 3.05) is 5.32 Å². The molecule has 3 rings (SSSR count). The summed E-state index contributed by atoms with van der Waals surface area (Å²) in [7, 11) is 0. The van der Waals surface area contributed by atoms with Crippen LogP contribution in [0.2, 0.25) is 0 Å². The number of thioether (sulfide) groups is 1. The van der Waals surface area contributed by atoms with Gasteiger partial charge in [0, 0.05) is 18.4 Å². The van der Waals surface area contributed by atoms with E-state index in [4.69, 9.17) is 0 Å². The number of nitrogens with zero attached hydrogens (tertiary/aromatic N) is 1. The lowest BCUT2D eigenvalue weighted by atomic mass is 10.2. The number of hydrogen-bond donors (Lipinski definition) is 1. The van der Waals surface area contributed by atoms with Crippen LogP contribution in [0.25, 0.3) is 10.2 Å². The molecule has 0 atom stereocenters. The van der Waals surface area contributed by atoms with Crippen LogP contribution in [0.1, 0.15) is 12.5 Å². The molecule has 0 bridgehead atoms. The second-order valence-corrected chi connectivity index (χ2v) is 7.02. The maximum absolute atomic E-state index is 13.2. The summed E-state index contributed by atoms with van der Waals surface area (Å²) in [5.74, 6) is 0.364. The van der Waals surface area contributed by atoms with Gasteiger partial charge in [0.15, 0.2) is 4.34 Å². The van der Waals surface area contributed by atoms with Crippen LogP contribution in [-0.4, -0.2) is 10.9 Å². The standard InChI is InChI=1S/C16H13FN2OS2/c1-10(20)18-13-5-6-14-15(8-13)22-16(19-14)21-9-11-3-2-4-12(17)7-11/h2-8H,9H2,1H3,(H,18,20). The van der Waals surface area contributed by atoms with E-state index in [2.05, 4.69) is 10.3 Å². The van der Waals surface area contributed by atoms with Crippen molar-refractivity contribution in [3.8, 4) is 0 Å². The second kappa shape index (κ2) is 6.46. The molecule has 0 spiro atoms. The van der Waals surface area contributed by atoms with Crippen LogP contribution >= 0.6 is 23.1 Å². The monoisotopic (exact) mass is 332 g/mol. The summed E-state index contributed by atoms with van der Waals surface area (Å²) in [6.07, 6.45) is 0. The summed E-state index contributed by atoms with van der Waals surface area (Å²) in [5.41, 5.74) is 2.61. The fourth-order valence-electron chi connectivity index (χ4n) is 2.02. The minimum atomic E-state index is -0.220. The molecule has 1 heterocycles. The van der Waals surface area contributed by atoms with Crippen LogP contribution < -0.4 is 5.32 Å². The normalized spacial score (nSPS) is 10.8. The van der Waals surface area contributed by atoms with E-state index in [0.29, 0.717) is 5.75 Å². The minimum Gasteiger partial charge on any atom is -0.326 e. The third-order valence-corrected chi connectivity index (χ3v) is 5.17. The topological polar surface area (TPSA) is 42.0 Å². The molecule has 3 nitrogen and oxygen atoms in total. The molecule has 0 saturated heterocycles. The quantitative estimate of drug-likeness (QED) is 0.705. The van der Waals surface area contributed by atoms with E-state index in [1.165, 1.54) is 19.1 Å². The minimum absolute atomic E-state index is 0.0930. The molecule has 0 unspecified atom stereocenters. The molecular formula is C16H13FN2OS2. The lowest BCUT2D eigenvalue weighted by Crippen LogP contribution is -2.05. The third kappa shape index (κ3) is 3.64. The Morgan fingerprint density at radius 1 is 1.32 bits per heavy atom. The molecule has 0 aliphatic rings. The molecule has 2 aromatic carbocycles. The lowest BCUT2D eigenvalue weighted by molar-refractivity contribution is -0.114. The SMILES string of the molecule is CC(=O)Nc1ccc2nc(SCc3cccc(F)c3)sc2c1. The van der Waals surface area contributed by atoms with Crippen molar-refractivity contribution >= 4 is 44.9 Å². The van der Waals surface area contributed by atoms with Crippen molar-refractivity contribution in [1.82, 2.24) is 4.98 Å². The molecule has 0 fully saturated rings. The number of fused-ring (bicyclic) bond motifs is 1. The molecule has 0 radical (unpaired) electrons. The van der Waals surface area contributed by atoms with E-state index in [1.807, 2.05) is 24.3 Å². The zero-order chi connectivity index (χ0) is 15.5. The van der Waals surface area contributed by atoms with Crippen LogP contribution in [0.3, 0.4) is 0 Å². The van der Waals surface area contributed by atoms with Crippen molar-refractivity contribution < 1.29 is 9.18 Å². The number of benzene rings is 2. The van der Waals surface area contributed by atoms with Gasteiger partial charge in [-0.1, -0.05) is 23.9 Å². The number of carbonyl (C=O) groups is 1. The fourth-order valence-corrected chi connectivity index (χ4v) is 4.07. The van der Waals surface area contributed by atoms with Crippen LogP contribution in [0.5, 0.6) is 0 Å². The number of halogens is 1. The summed E-state index contributed by atoms with van der Waals surface area (Å²) in [5, 5.41) is 2.76. The average Bonchev–Trinajstić information content (AvgIpc) is 2.87. The summed E-state index contributed by atoms with van der Waals surface area (Å²) in [6.45, 7) is 1.48. The highest BCUT2D eigenvalue weighted by Crippen LogP contribution is 2.32. The highest BCUT2D eigenvalue weighted by molar-refractivity contribution is 8.00. The van der Waals surface area contributed by atoms with E-state index < -0.39 is 0 Å². The van der Waals surface area contributed by atoms with Gasteiger partial charge >= 0.3 is 0 Å². The summed E-state index contributed by atoms with van der Waals surface area (Å²) in [4.78, 5) is 15.6. The number of nitrogens with one attached hydrogen (secondary N) is 1. The molecule has 112 valence electrons. The van der Waals surface area contributed by atoms with Gasteiger partial charge in [-0.25, -0.2) is 9.37 Å². The van der Waals surface area contributed by atoms with E-state index in [-0.39, 0.29) is 11.7 Å².